The smallest absolute Gasteiger partial charge is 0.223 e. The molecule has 0 aromatic heterocycles. The lowest BCUT2D eigenvalue weighted by Crippen LogP contribution is -2.45. The second-order valence-corrected chi connectivity index (χ2v) is 8.85. The summed E-state index contributed by atoms with van der Waals surface area (Å²) in [6.45, 7) is 3.05. The van der Waals surface area contributed by atoms with E-state index in [1.54, 1.807) is 7.05 Å². The highest BCUT2D eigenvalue weighted by Gasteiger charge is 2.20. The molecule has 0 heterocycles. The summed E-state index contributed by atoms with van der Waals surface area (Å²) < 4.78 is 22.4. The number of guanidine groups is 1. The topological polar surface area (TPSA) is 99.7 Å². The number of halogens is 1. The van der Waals surface area contributed by atoms with Crippen molar-refractivity contribution in [3.63, 3.8) is 0 Å². The molecule has 0 aromatic rings. The molecule has 3 N–H and O–H groups in total. The zero-order chi connectivity index (χ0) is 18.0. The van der Waals surface area contributed by atoms with Crippen molar-refractivity contribution < 1.29 is 13.2 Å². The van der Waals surface area contributed by atoms with Gasteiger partial charge in [-0.2, -0.15) is 0 Å². The van der Waals surface area contributed by atoms with Crippen LogP contribution >= 0.6 is 24.0 Å². The van der Waals surface area contributed by atoms with Gasteiger partial charge in [-0.3, -0.25) is 9.79 Å². The largest absolute Gasteiger partial charge is 0.355 e. The van der Waals surface area contributed by atoms with Crippen LogP contribution in [0.15, 0.2) is 4.99 Å². The molecular weight excluding hydrogens is 455 g/mol. The number of hydrogen-bond donors (Lipinski definition) is 3. The molecule has 1 rings (SSSR count). The predicted octanol–water partition coefficient (Wildman–Crippen LogP) is 1.29. The Hall–Kier alpha value is -0.580. The van der Waals surface area contributed by atoms with Crippen LogP contribution in [-0.2, 0) is 14.6 Å². The number of amides is 1. The average Bonchev–Trinajstić information content (AvgIpc) is 2.55. The van der Waals surface area contributed by atoms with E-state index in [1.165, 1.54) is 12.7 Å². The lowest BCUT2D eigenvalue weighted by molar-refractivity contribution is -0.125. The molecule has 9 heteroatoms. The summed E-state index contributed by atoms with van der Waals surface area (Å²) in [7, 11) is -1.28. The first-order valence-corrected chi connectivity index (χ1v) is 10.8. The van der Waals surface area contributed by atoms with Crippen LogP contribution in [0.1, 0.15) is 45.4 Å². The van der Waals surface area contributed by atoms with Gasteiger partial charge in [0.25, 0.3) is 0 Å². The maximum absolute atomic E-state index is 12.0. The molecule has 1 saturated carbocycles. The van der Waals surface area contributed by atoms with E-state index in [2.05, 4.69) is 20.9 Å². The van der Waals surface area contributed by atoms with Gasteiger partial charge in [0.2, 0.25) is 5.91 Å². The third kappa shape index (κ3) is 11.6. The molecular formula is C16H33IN4O3S. The van der Waals surface area contributed by atoms with Gasteiger partial charge in [0.05, 0.1) is 5.75 Å². The van der Waals surface area contributed by atoms with E-state index in [0.29, 0.717) is 25.5 Å². The Labute approximate surface area is 169 Å². The Bertz CT molecular complexity index is 519. The first-order chi connectivity index (χ1) is 11.3. The number of rotatable bonds is 8. The summed E-state index contributed by atoms with van der Waals surface area (Å²) in [6.07, 6.45) is 7.31. The van der Waals surface area contributed by atoms with Gasteiger partial charge in [0.1, 0.15) is 9.84 Å². The molecule has 7 nitrogen and oxygen atoms in total. The van der Waals surface area contributed by atoms with E-state index >= 15 is 0 Å². The number of sulfone groups is 1. The highest BCUT2D eigenvalue weighted by Crippen LogP contribution is 2.23. The van der Waals surface area contributed by atoms with Crippen molar-refractivity contribution >= 4 is 45.7 Å². The van der Waals surface area contributed by atoms with Crippen LogP contribution in [0.4, 0.5) is 0 Å². The number of carbonyl (C=O) groups excluding carboxylic acids is 1. The number of hydrogen-bond acceptors (Lipinski definition) is 4. The van der Waals surface area contributed by atoms with Gasteiger partial charge in [-0.25, -0.2) is 8.42 Å². The quantitative estimate of drug-likeness (QED) is 0.207. The maximum Gasteiger partial charge on any atom is 0.223 e. The minimum Gasteiger partial charge on any atom is -0.355 e. The summed E-state index contributed by atoms with van der Waals surface area (Å²) in [4.78, 5) is 16.1. The molecule has 25 heavy (non-hydrogen) atoms. The molecule has 0 aromatic carbocycles. The predicted molar refractivity (Wildman–Crippen MR) is 113 cm³/mol. The van der Waals surface area contributed by atoms with Crippen LogP contribution in [0.25, 0.3) is 0 Å². The molecule has 1 amide bonds. The molecule has 0 radical (unpaired) electrons. The standard InChI is InChI=1S/C16H32N4O3S.HI/c1-13(9-12-24(3,22)23)20-16(17-2)19-11-10-18-15(21)14-7-5-4-6-8-14;/h13-14H,4-12H2,1-3H3,(H,18,21)(H2,17,19,20);1H. The summed E-state index contributed by atoms with van der Waals surface area (Å²) >= 11 is 0. The first-order valence-electron chi connectivity index (χ1n) is 8.74. The van der Waals surface area contributed by atoms with Crippen LogP contribution in [0.2, 0.25) is 0 Å². The van der Waals surface area contributed by atoms with Gasteiger partial charge < -0.3 is 16.0 Å². The fourth-order valence-electron chi connectivity index (χ4n) is 2.77. The van der Waals surface area contributed by atoms with Gasteiger partial charge in [-0.1, -0.05) is 19.3 Å². The minimum atomic E-state index is -2.95. The SMILES string of the molecule is CN=C(NCCNC(=O)C1CCCCC1)NC(C)CCS(C)(=O)=O.I. The highest BCUT2D eigenvalue weighted by atomic mass is 127. The van der Waals surface area contributed by atoms with Crippen molar-refractivity contribution in [1.29, 1.82) is 0 Å². The van der Waals surface area contributed by atoms with E-state index < -0.39 is 9.84 Å². The van der Waals surface area contributed by atoms with E-state index in [4.69, 9.17) is 0 Å². The van der Waals surface area contributed by atoms with Crippen LogP contribution in [0, 0.1) is 5.92 Å². The van der Waals surface area contributed by atoms with Crippen molar-refractivity contribution in [1.82, 2.24) is 16.0 Å². The van der Waals surface area contributed by atoms with E-state index in [1.807, 2.05) is 6.92 Å². The van der Waals surface area contributed by atoms with Crippen LogP contribution in [0.5, 0.6) is 0 Å². The molecule has 1 aliphatic carbocycles. The second-order valence-electron chi connectivity index (χ2n) is 6.59. The van der Waals surface area contributed by atoms with Gasteiger partial charge in [-0.05, 0) is 26.2 Å². The summed E-state index contributed by atoms with van der Waals surface area (Å²) in [6, 6.07) is 0.00255. The van der Waals surface area contributed by atoms with E-state index in [0.717, 1.165) is 25.7 Å². The third-order valence-electron chi connectivity index (χ3n) is 4.22. The number of nitrogens with one attached hydrogen (secondary N) is 3. The van der Waals surface area contributed by atoms with Crippen molar-refractivity contribution in [3.8, 4) is 0 Å². The highest BCUT2D eigenvalue weighted by molar-refractivity contribution is 14.0. The fraction of sp³-hybridized carbons (Fsp3) is 0.875. The zero-order valence-corrected chi connectivity index (χ0v) is 18.7. The molecule has 1 aliphatic rings. The van der Waals surface area contributed by atoms with Crippen molar-refractivity contribution in [3.05, 3.63) is 0 Å². The average molecular weight is 488 g/mol. The Balaban J connectivity index is 0.00000576. The van der Waals surface area contributed by atoms with Gasteiger partial charge >= 0.3 is 0 Å². The lowest BCUT2D eigenvalue weighted by atomic mass is 9.89. The Morgan fingerprint density at radius 2 is 1.76 bits per heavy atom. The fourth-order valence-corrected chi connectivity index (χ4v) is 3.55. The molecule has 1 unspecified atom stereocenters. The van der Waals surface area contributed by atoms with Gasteiger partial charge in [0.15, 0.2) is 5.96 Å². The Morgan fingerprint density at radius 3 is 2.32 bits per heavy atom. The van der Waals surface area contributed by atoms with E-state index in [-0.39, 0.29) is 47.6 Å². The van der Waals surface area contributed by atoms with Gasteiger partial charge in [-0.15, -0.1) is 24.0 Å². The molecule has 1 fully saturated rings. The molecule has 0 saturated heterocycles. The van der Waals surface area contributed by atoms with Crippen LogP contribution in [0.3, 0.4) is 0 Å². The Kier molecular flexibility index (Phi) is 12.4. The molecule has 0 spiro atoms. The van der Waals surface area contributed by atoms with Crippen molar-refractivity contribution in [2.75, 3.05) is 32.1 Å². The Morgan fingerprint density at radius 1 is 1.16 bits per heavy atom. The lowest BCUT2D eigenvalue weighted by Gasteiger charge is -2.21. The normalized spacial score (nSPS) is 17.3. The molecule has 0 bridgehead atoms. The maximum atomic E-state index is 12.0. The summed E-state index contributed by atoms with van der Waals surface area (Å²) in [5.74, 6) is 1.09. The number of nitrogens with zero attached hydrogens (tertiary/aromatic N) is 1. The van der Waals surface area contributed by atoms with Crippen LogP contribution in [-0.4, -0.2) is 58.5 Å². The molecule has 148 valence electrons. The first kappa shape index (κ1) is 24.4. The van der Waals surface area contributed by atoms with Gasteiger partial charge in [0, 0.05) is 38.4 Å². The summed E-state index contributed by atoms with van der Waals surface area (Å²) in [5.41, 5.74) is 0. The minimum absolute atomic E-state index is 0. The number of carbonyl (C=O) groups is 1. The zero-order valence-electron chi connectivity index (χ0n) is 15.5. The summed E-state index contributed by atoms with van der Waals surface area (Å²) in [5, 5.41) is 9.25. The van der Waals surface area contributed by atoms with E-state index in [9.17, 15) is 13.2 Å². The van der Waals surface area contributed by atoms with Crippen molar-refractivity contribution in [2.24, 2.45) is 10.9 Å². The monoisotopic (exact) mass is 488 g/mol. The number of aliphatic imine (C=N–C) groups is 1. The van der Waals surface area contributed by atoms with Crippen molar-refractivity contribution in [2.45, 2.75) is 51.5 Å². The molecule has 0 aliphatic heterocycles. The third-order valence-corrected chi connectivity index (χ3v) is 5.20. The second kappa shape index (κ2) is 12.7. The molecule has 1 atom stereocenters. The van der Waals surface area contributed by atoms with Crippen LogP contribution < -0.4 is 16.0 Å².